The smallest absolute Gasteiger partial charge is 0.120 e. The molecule has 0 saturated carbocycles. The molecule has 1 unspecified atom stereocenters. The summed E-state index contributed by atoms with van der Waals surface area (Å²) in [5.41, 5.74) is 1.22. The van der Waals surface area contributed by atoms with Crippen LogP contribution >= 0.6 is 0 Å². The third-order valence-corrected chi connectivity index (χ3v) is 3.41. The quantitative estimate of drug-likeness (QED) is 0.789. The lowest BCUT2D eigenvalue weighted by atomic mass is 10.0. The van der Waals surface area contributed by atoms with E-state index in [0.29, 0.717) is 5.92 Å². The standard InChI is InChI=1S/C16H27NO/c1-6-16(5,12-17-7-2)18-15-10-8-14(9-11-15)13(3)4/h8-11,13,17H,6-7,12H2,1-5H3. The van der Waals surface area contributed by atoms with Gasteiger partial charge in [0.25, 0.3) is 0 Å². The summed E-state index contributed by atoms with van der Waals surface area (Å²) in [5.74, 6) is 1.53. The van der Waals surface area contributed by atoms with E-state index in [0.717, 1.165) is 25.3 Å². The number of rotatable bonds is 7. The SMILES string of the molecule is CCNCC(C)(CC)Oc1ccc(C(C)C)cc1. The summed E-state index contributed by atoms with van der Waals surface area (Å²) in [6, 6.07) is 8.47. The molecule has 0 saturated heterocycles. The Hall–Kier alpha value is -1.02. The average Bonchev–Trinajstić information content (AvgIpc) is 2.37. The Morgan fingerprint density at radius 2 is 1.78 bits per heavy atom. The maximum atomic E-state index is 6.13. The van der Waals surface area contributed by atoms with Crippen LogP contribution in [0, 0.1) is 0 Å². The van der Waals surface area contributed by atoms with Crippen molar-refractivity contribution in [2.75, 3.05) is 13.1 Å². The summed E-state index contributed by atoms with van der Waals surface area (Å²) in [5, 5.41) is 3.36. The van der Waals surface area contributed by atoms with E-state index < -0.39 is 0 Å². The zero-order valence-electron chi connectivity index (χ0n) is 12.4. The van der Waals surface area contributed by atoms with Gasteiger partial charge in [-0.25, -0.2) is 0 Å². The van der Waals surface area contributed by atoms with Gasteiger partial charge in [-0.1, -0.05) is 39.8 Å². The minimum Gasteiger partial charge on any atom is -0.486 e. The van der Waals surface area contributed by atoms with Gasteiger partial charge in [-0.15, -0.1) is 0 Å². The van der Waals surface area contributed by atoms with Gasteiger partial charge in [0.05, 0.1) is 0 Å². The Kier molecular flexibility index (Phi) is 5.67. The van der Waals surface area contributed by atoms with Gasteiger partial charge >= 0.3 is 0 Å². The average molecular weight is 249 g/mol. The highest BCUT2D eigenvalue weighted by molar-refractivity contribution is 5.29. The summed E-state index contributed by atoms with van der Waals surface area (Å²) >= 11 is 0. The highest BCUT2D eigenvalue weighted by atomic mass is 16.5. The van der Waals surface area contributed by atoms with Crippen molar-refractivity contribution in [2.24, 2.45) is 0 Å². The van der Waals surface area contributed by atoms with Crippen LogP contribution in [0.25, 0.3) is 0 Å². The van der Waals surface area contributed by atoms with Crippen LogP contribution < -0.4 is 10.1 Å². The molecule has 2 heteroatoms. The van der Waals surface area contributed by atoms with Gasteiger partial charge in [0, 0.05) is 6.54 Å². The fourth-order valence-corrected chi connectivity index (χ4v) is 1.83. The molecule has 0 spiro atoms. The van der Waals surface area contributed by atoms with E-state index in [2.05, 4.69) is 64.2 Å². The Bertz CT molecular complexity index is 345. The number of likely N-dealkylation sites (N-methyl/N-ethyl adjacent to an activating group) is 1. The van der Waals surface area contributed by atoms with E-state index in [1.165, 1.54) is 5.56 Å². The highest BCUT2D eigenvalue weighted by Gasteiger charge is 2.23. The highest BCUT2D eigenvalue weighted by Crippen LogP contribution is 2.23. The number of hydrogen-bond acceptors (Lipinski definition) is 2. The van der Waals surface area contributed by atoms with Gasteiger partial charge in [0.15, 0.2) is 0 Å². The molecule has 2 nitrogen and oxygen atoms in total. The molecular formula is C16H27NO. The van der Waals surface area contributed by atoms with Crippen molar-refractivity contribution in [3.05, 3.63) is 29.8 Å². The Labute approximate surface area is 112 Å². The predicted molar refractivity (Wildman–Crippen MR) is 78.4 cm³/mol. The minimum atomic E-state index is -0.130. The van der Waals surface area contributed by atoms with Crippen LogP contribution in [-0.2, 0) is 0 Å². The van der Waals surface area contributed by atoms with E-state index in [1.54, 1.807) is 0 Å². The van der Waals surface area contributed by atoms with Crippen molar-refractivity contribution >= 4 is 0 Å². The Balaban J connectivity index is 2.69. The second kappa shape index (κ2) is 6.79. The molecule has 1 N–H and O–H groups in total. The molecule has 1 atom stereocenters. The van der Waals surface area contributed by atoms with Gasteiger partial charge in [-0.05, 0) is 43.5 Å². The second-order valence-corrected chi connectivity index (χ2v) is 5.41. The lowest BCUT2D eigenvalue weighted by molar-refractivity contribution is 0.0842. The zero-order valence-corrected chi connectivity index (χ0v) is 12.4. The van der Waals surface area contributed by atoms with Crippen molar-refractivity contribution in [1.82, 2.24) is 5.32 Å². The Morgan fingerprint density at radius 1 is 1.17 bits per heavy atom. The number of nitrogens with one attached hydrogen (secondary N) is 1. The van der Waals surface area contributed by atoms with Gasteiger partial charge < -0.3 is 10.1 Å². The molecule has 0 fully saturated rings. The van der Waals surface area contributed by atoms with E-state index in [9.17, 15) is 0 Å². The van der Waals surface area contributed by atoms with Crippen LogP contribution in [0.2, 0.25) is 0 Å². The van der Waals surface area contributed by atoms with Crippen molar-refractivity contribution in [3.8, 4) is 5.75 Å². The van der Waals surface area contributed by atoms with Crippen molar-refractivity contribution < 1.29 is 4.74 Å². The predicted octanol–water partition coefficient (Wildman–Crippen LogP) is 3.97. The van der Waals surface area contributed by atoms with Gasteiger partial charge in [-0.3, -0.25) is 0 Å². The maximum absolute atomic E-state index is 6.13. The summed E-state index contributed by atoms with van der Waals surface area (Å²) in [7, 11) is 0. The molecule has 0 bridgehead atoms. The first-order chi connectivity index (χ1) is 8.50. The van der Waals surface area contributed by atoms with Crippen LogP contribution in [0.15, 0.2) is 24.3 Å². The summed E-state index contributed by atoms with van der Waals surface area (Å²) < 4.78 is 6.13. The maximum Gasteiger partial charge on any atom is 0.120 e. The second-order valence-electron chi connectivity index (χ2n) is 5.41. The summed E-state index contributed by atoms with van der Waals surface area (Å²) in [6.45, 7) is 12.7. The first-order valence-electron chi connectivity index (χ1n) is 7.00. The number of benzene rings is 1. The molecule has 1 aromatic carbocycles. The van der Waals surface area contributed by atoms with E-state index >= 15 is 0 Å². The Morgan fingerprint density at radius 3 is 2.22 bits per heavy atom. The molecule has 0 aliphatic carbocycles. The third kappa shape index (κ3) is 4.34. The van der Waals surface area contributed by atoms with Gasteiger partial charge in [0.2, 0.25) is 0 Å². The van der Waals surface area contributed by atoms with Crippen molar-refractivity contribution in [3.63, 3.8) is 0 Å². The molecule has 102 valence electrons. The molecule has 0 amide bonds. The fourth-order valence-electron chi connectivity index (χ4n) is 1.83. The molecular weight excluding hydrogens is 222 g/mol. The molecule has 0 aliphatic rings. The lowest BCUT2D eigenvalue weighted by Crippen LogP contribution is -2.42. The molecule has 0 aromatic heterocycles. The number of hydrogen-bond donors (Lipinski definition) is 1. The van der Waals surface area contributed by atoms with Crippen molar-refractivity contribution in [2.45, 2.75) is 52.6 Å². The molecule has 18 heavy (non-hydrogen) atoms. The van der Waals surface area contributed by atoms with Crippen LogP contribution in [-0.4, -0.2) is 18.7 Å². The summed E-state index contributed by atoms with van der Waals surface area (Å²) in [4.78, 5) is 0. The van der Waals surface area contributed by atoms with E-state index in [1.807, 2.05) is 0 Å². The normalized spacial score (nSPS) is 14.6. The van der Waals surface area contributed by atoms with Crippen LogP contribution in [0.3, 0.4) is 0 Å². The minimum absolute atomic E-state index is 0.130. The number of ether oxygens (including phenoxy) is 1. The molecule has 0 radical (unpaired) electrons. The van der Waals surface area contributed by atoms with E-state index in [4.69, 9.17) is 4.74 Å². The van der Waals surface area contributed by atoms with E-state index in [-0.39, 0.29) is 5.60 Å². The summed E-state index contributed by atoms with van der Waals surface area (Å²) in [6.07, 6.45) is 0.992. The van der Waals surface area contributed by atoms with Crippen molar-refractivity contribution in [1.29, 1.82) is 0 Å². The third-order valence-electron chi connectivity index (χ3n) is 3.41. The fraction of sp³-hybridized carbons (Fsp3) is 0.625. The van der Waals surface area contributed by atoms with Crippen LogP contribution in [0.5, 0.6) is 5.75 Å². The first kappa shape index (κ1) is 15.0. The molecule has 0 aliphatic heterocycles. The molecule has 0 heterocycles. The van der Waals surface area contributed by atoms with Crippen LogP contribution in [0.1, 0.15) is 52.5 Å². The van der Waals surface area contributed by atoms with Gasteiger partial charge in [0.1, 0.15) is 11.4 Å². The van der Waals surface area contributed by atoms with Crippen LogP contribution in [0.4, 0.5) is 0 Å². The molecule has 1 aromatic rings. The largest absolute Gasteiger partial charge is 0.486 e. The lowest BCUT2D eigenvalue weighted by Gasteiger charge is -2.30. The monoisotopic (exact) mass is 249 g/mol. The first-order valence-corrected chi connectivity index (χ1v) is 7.00. The zero-order chi connectivity index (χ0) is 13.6. The van der Waals surface area contributed by atoms with Gasteiger partial charge in [-0.2, -0.15) is 0 Å². The topological polar surface area (TPSA) is 21.3 Å². The molecule has 1 rings (SSSR count).